The van der Waals surface area contributed by atoms with Gasteiger partial charge in [-0.2, -0.15) is 0 Å². The van der Waals surface area contributed by atoms with Crippen molar-refractivity contribution >= 4 is 34.8 Å². The van der Waals surface area contributed by atoms with Gasteiger partial charge in [-0.1, -0.05) is 42.3 Å². The Balaban J connectivity index is 1.60. The van der Waals surface area contributed by atoms with Crippen LogP contribution >= 0.6 is 23.2 Å². The highest BCUT2D eigenvalue weighted by Gasteiger charge is 2.22. The van der Waals surface area contributed by atoms with Gasteiger partial charge in [-0.15, -0.1) is 0 Å². The van der Waals surface area contributed by atoms with Gasteiger partial charge in [0.05, 0.1) is 36.0 Å². The summed E-state index contributed by atoms with van der Waals surface area (Å²) in [6.07, 6.45) is 2.99. The molecule has 1 fully saturated rings. The van der Waals surface area contributed by atoms with Crippen molar-refractivity contribution in [3.05, 3.63) is 58.3 Å². The topological polar surface area (TPSA) is 50.1 Å². The third kappa shape index (κ3) is 5.44. The summed E-state index contributed by atoms with van der Waals surface area (Å²) in [7, 11) is 0. The third-order valence-corrected chi connectivity index (χ3v) is 6.23. The molecule has 4 rings (SSSR count). The van der Waals surface area contributed by atoms with Crippen LogP contribution < -0.4 is 0 Å². The number of hydrogen-bond acceptors (Lipinski definition) is 4. The fraction of sp³-hybridized carbons (Fsp3) is 0.417. The lowest BCUT2D eigenvalue weighted by Gasteiger charge is -2.30. The van der Waals surface area contributed by atoms with E-state index >= 15 is 0 Å². The maximum Gasteiger partial charge on any atom is 0.228 e. The molecule has 3 aromatic rings. The van der Waals surface area contributed by atoms with Crippen molar-refractivity contribution in [2.75, 3.05) is 45.9 Å². The van der Waals surface area contributed by atoms with Gasteiger partial charge in [0.25, 0.3) is 0 Å². The number of aromatic nitrogens is 2. The molecule has 8 heteroatoms. The van der Waals surface area contributed by atoms with Gasteiger partial charge in [0.1, 0.15) is 5.65 Å². The Labute approximate surface area is 198 Å². The summed E-state index contributed by atoms with van der Waals surface area (Å²) in [5.41, 5.74) is 3.30. The van der Waals surface area contributed by atoms with Crippen molar-refractivity contribution in [3.63, 3.8) is 0 Å². The highest BCUT2D eigenvalue weighted by Crippen LogP contribution is 2.27. The third-order valence-electron chi connectivity index (χ3n) is 5.75. The molecule has 0 N–H and O–H groups in total. The Hall–Kier alpha value is -2.12. The molecule has 6 nitrogen and oxygen atoms in total. The largest absolute Gasteiger partial charge is 0.379 e. The van der Waals surface area contributed by atoms with E-state index in [2.05, 4.69) is 11.8 Å². The van der Waals surface area contributed by atoms with Crippen LogP contribution in [0.2, 0.25) is 10.0 Å². The van der Waals surface area contributed by atoms with E-state index in [4.69, 9.17) is 32.9 Å². The molecule has 0 saturated carbocycles. The molecule has 170 valence electrons. The number of carbonyl (C=O) groups excluding carboxylic acids is 1. The highest BCUT2D eigenvalue weighted by molar-refractivity contribution is 6.30. The van der Waals surface area contributed by atoms with E-state index in [1.807, 2.05) is 51.9 Å². The second-order valence-electron chi connectivity index (χ2n) is 8.00. The van der Waals surface area contributed by atoms with E-state index in [9.17, 15) is 4.79 Å². The van der Waals surface area contributed by atoms with E-state index in [0.29, 0.717) is 16.6 Å². The number of morpholine rings is 1. The van der Waals surface area contributed by atoms with Gasteiger partial charge in [0.15, 0.2) is 0 Å². The second kappa shape index (κ2) is 10.7. The zero-order chi connectivity index (χ0) is 22.5. The van der Waals surface area contributed by atoms with Crippen molar-refractivity contribution in [2.45, 2.75) is 19.8 Å². The summed E-state index contributed by atoms with van der Waals surface area (Å²) < 4.78 is 7.36. The van der Waals surface area contributed by atoms with Crippen molar-refractivity contribution < 1.29 is 9.53 Å². The fourth-order valence-electron chi connectivity index (χ4n) is 4.05. The summed E-state index contributed by atoms with van der Waals surface area (Å²) in [5.74, 6) is 0.0945. The number of benzene rings is 1. The van der Waals surface area contributed by atoms with Gasteiger partial charge in [0.2, 0.25) is 5.91 Å². The number of hydrogen-bond donors (Lipinski definition) is 0. The molecule has 0 bridgehead atoms. The number of amides is 1. The summed E-state index contributed by atoms with van der Waals surface area (Å²) in [6.45, 7) is 7.75. The number of rotatable bonds is 8. The highest BCUT2D eigenvalue weighted by atomic mass is 35.5. The quantitative estimate of drug-likeness (QED) is 0.484. The minimum absolute atomic E-state index is 0.0945. The maximum absolute atomic E-state index is 13.4. The molecule has 0 atom stereocenters. The lowest BCUT2D eigenvalue weighted by Crippen LogP contribution is -2.43. The van der Waals surface area contributed by atoms with Crippen LogP contribution in [-0.4, -0.2) is 71.0 Å². The summed E-state index contributed by atoms with van der Waals surface area (Å²) >= 11 is 12.4. The maximum atomic E-state index is 13.4. The van der Waals surface area contributed by atoms with Gasteiger partial charge >= 0.3 is 0 Å². The monoisotopic (exact) mass is 474 g/mol. The van der Waals surface area contributed by atoms with Crippen molar-refractivity contribution in [2.24, 2.45) is 0 Å². The average Bonchev–Trinajstić information content (AvgIpc) is 3.15. The predicted molar refractivity (Wildman–Crippen MR) is 128 cm³/mol. The van der Waals surface area contributed by atoms with Gasteiger partial charge in [-0.05, 0) is 30.7 Å². The van der Waals surface area contributed by atoms with E-state index in [-0.39, 0.29) is 12.3 Å². The Kier molecular flexibility index (Phi) is 7.68. The Morgan fingerprint density at radius 1 is 1.06 bits per heavy atom. The summed E-state index contributed by atoms with van der Waals surface area (Å²) in [4.78, 5) is 22.5. The number of nitrogens with zero attached hydrogens (tertiary/aromatic N) is 4. The SMILES string of the molecule is CCCN(CCN1CCOCC1)C(=O)Cc1c(-c2ccc(Cl)cc2)nc2ccc(Cl)cn12. The van der Waals surface area contributed by atoms with Crippen molar-refractivity contribution in [3.8, 4) is 11.3 Å². The van der Waals surface area contributed by atoms with Crippen LogP contribution in [-0.2, 0) is 16.0 Å². The van der Waals surface area contributed by atoms with Crippen LogP contribution in [0.5, 0.6) is 0 Å². The van der Waals surface area contributed by atoms with Gasteiger partial charge in [0, 0.05) is 49.5 Å². The molecule has 3 heterocycles. The number of carbonyl (C=O) groups is 1. The van der Waals surface area contributed by atoms with E-state index in [0.717, 1.165) is 68.4 Å². The Morgan fingerprint density at radius 3 is 2.50 bits per heavy atom. The number of fused-ring (bicyclic) bond motifs is 1. The smallest absolute Gasteiger partial charge is 0.228 e. The predicted octanol–water partition coefficient (Wildman–Crippen LogP) is 4.42. The first-order chi connectivity index (χ1) is 15.5. The van der Waals surface area contributed by atoms with Gasteiger partial charge in [-0.25, -0.2) is 4.98 Å². The minimum Gasteiger partial charge on any atom is -0.379 e. The number of ether oxygens (including phenoxy) is 1. The van der Waals surface area contributed by atoms with Crippen LogP contribution in [0.3, 0.4) is 0 Å². The summed E-state index contributed by atoms with van der Waals surface area (Å²) in [5, 5.41) is 1.26. The lowest BCUT2D eigenvalue weighted by molar-refractivity contribution is -0.131. The molecule has 0 spiro atoms. The second-order valence-corrected chi connectivity index (χ2v) is 8.87. The van der Waals surface area contributed by atoms with E-state index in [1.54, 1.807) is 0 Å². The lowest BCUT2D eigenvalue weighted by atomic mass is 10.1. The molecular formula is C24H28Cl2N4O2. The van der Waals surface area contributed by atoms with Gasteiger partial charge < -0.3 is 14.0 Å². The van der Waals surface area contributed by atoms with Crippen molar-refractivity contribution in [1.82, 2.24) is 19.2 Å². The van der Waals surface area contributed by atoms with E-state index < -0.39 is 0 Å². The molecular weight excluding hydrogens is 447 g/mol. The molecule has 1 aliphatic heterocycles. The molecule has 2 aromatic heterocycles. The standard InChI is InChI=1S/C24H28Cl2N4O2/c1-2-9-29(11-10-28-12-14-32-15-13-28)23(31)16-21-24(18-3-5-19(25)6-4-18)27-22-8-7-20(26)17-30(21)22/h3-8,17H,2,9-16H2,1H3. The molecule has 0 unspecified atom stereocenters. The fourth-order valence-corrected chi connectivity index (χ4v) is 4.33. The molecule has 0 radical (unpaired) electrons. The normalized spacial score (nSPS) is 14.7. The molecule has 1 amide bonds. The van der Waals surface area contributed by atoms with Crippen LogP contribution in [0.4, 0.5) is 0 Å². The first-order valence-corrected chi connectivity index (χ1v) is 11.8. The zero-order valence-corrected chi connectivity index (χ0v) is 19.8. The van der Waals surface area contributed by atoms with Crippen LogP contribution in [0.15, 0.2) is 42.6 Å². The van der Waals surface area contributed by atoms with Gasteiger partial charge in [-0.3, -0.25) is 9.69 Å². The summed E-state index contributed by atoms with van der Waals surface area (Å²) in [6, 6.07) is 11.2. The Morgan fingerprint density at radius 2 is 1.78 bits per heavy atom. The average molecular weight is 475 g/mol. The molecule has 1 aliphatic rings. The molecule has 0 aliphatic carbocycles. The number of imidazole rings is 1. The zero-order valence-electron chi connectivity index (χ0n) is 18.3. The minimum atomic E-state index is 0.0945. The van der Waals surface area contributed by atoms with E-state index in [1.165, 1.54) is 0 Å². The number of halogens is 2. The van der Waals surface area contributed by atoms with Crippen molar-refractivity contribution in [1.29, 1.82) is 0 Å². The van der Waals surface area contributed by atoms with Crippen LogP contribution in [0, 0.1) is 0 Å². The molecule has 1 saturated heterocycles. The van der Waals surface area contributed by atoms with Crippen LogP contribution in [0.25, 0.3) is 16.9 Å². The molecule has 32 heavy (non-hydrogen) atoms. The first kappa shape index (κ1) is 23.1. The Bertz CT molecular complexity index is 1060. The first-order valence-electron chi connectivity index (χ1n) is 11.1. The molecule has 1 aromatic carbocycles. The van der Waals surface area contributed by atoms with Crippen LogP contribution in [0.1, 0.15) is 19.0 Å². The number of pyridine rings is 1.